The fraction of sp³-hybridized carbons (Fsp3) is 0.333. The van der Waals surface area contributed by atoms with Crippen LogP contribution in [-0.2, 0) is 6.54 Å². The van der Waals surface area contributed by atoms with Crippen LogP contribution in [0, 0.1) is 0 Å². The van der Waals surface area contributed by atoms with Crippen LogP contribution in [0.1, 0.15) is 19.4 Å². The number of nitrogens with zero attached hydrogens (tertiary/aromatic N) is 4. The highest BCUT2D eigenvalue weighted by Crippen LogP contribution is 2.29. The van der Waals surface area contributed by atoms with Crippen LogP contribution in [0.25, 0.3) is 5.69 Å². The first-order valence-corrected chi connectivity index (χ1v) is 11.4. The van der Waals surface area contributed by atoms with E-state index in [9.17, 15) is 4.79 Å². The Kier molecular flexibility index (Phi) is 7.04. The molecule has 168 valence electrons. The number of aromatic nitrogens is 2. The molecule has 0 aliphatic carbocycles. The van der Waals surface area contributed by atoms with Gasteiger partial charge in [0.15, 0.2) is 0 Å². The van der Waals surface area contributed by atoms with Crippen molar-refractivity contribution in [3.05, 3.63) is 80.7 Å². The van der Waals surface area contributed by atoms with Crippen molar-refractivity contribution in [1.29, 1.82) is 0 Å². The Morgan fingerprint density at radius 3 is 2.25 bits per heavy atom. The molecule has 0 saturated carbocycles. The Morgan fingerprint density at radius 1 is 0.969 bits per heavy atom. The van der Waals surface area contributed by atoms with Crippen molar-refractivity contribution >= 4 is 28.9 Å². The Hall–Kier alpha value is -2.54. The van der Waals surface area contributed by atoms with Crippen molar-refractivity contribution in [1.82, 2.24) is 14.7 Å². The predicted molar refractivity (Wildman–Crippen MR) is 130 cm³/mol. The van der Waals surface area contributed by atoms with E-state index in [1.807, 2.05) is 62.4 Å². The summed E-state index contributed by atoms with van der Waals surface area (Å²) in [6, 6.07) is 15.0. The van der Waals surface area contributed by atoms with Gasteiger partial charge >= 0.3 is 5.56 Å². The van der Waals surface area contributed by atoms with Gasteiger partial charge in [-0.05, 0) is 38.1 Å². The standard InChI is InChI=1S/C24H26Cl2N4O2/c1-17(2)32-23-22(15-27-30(24(23)31)18-7-4-3-5-8-18)29-13-11-28(12-14-29)16-19-20(25)9-6-10-21(19)26/h3-10,15,17H,11-14,16H2,1-2H3. The van der Waals surface area contributed by atoms with E-state index in [2.05, 4.69) is 14.9 Å². The minimum Gasteiger partial charge on any atom is -0.483 e. The lowest BCUT2D eigenvalue weighted by Crippen LogP contribution is -2.46. The molecule has 0 unspecified atom stereocenters. The van der Waals surface area contributed by atoms with Gasteiger partial charge in [-0.3, -0.25) is 9.69 Å². The molecule has 2 heterocycles. The zero-order valence-electron chi connectivity index (χ0n) is 18.2. The quantitative estimate of drug-likeness (QED) is 0.522. The van der Waals surface area contributed by atoms with E-state index < -0.39 is 0 Å². The highest BCUT2D eigenvalue weighted by molar-refractivity contribution is 6.35. The minimum absolute atomic E-state index is 0.128. The maximum atomic E-state index is 13.3. The number of para-hydroxylation sites is 1. The fourth-order valence-electron chi connectivity index (χ4n) is 3.81. The molecular formula is C24H26Cl2N4O2. The number of rotatable bonds is 6. The van der Waals surface area contributed by atoms with Crippen LogP contribution >= 0.6 is 23.2 Å². The van der Waals surface area contributed by atoms with Crippen molar-refractivity contribution in [2.75, 3.05) is 31.1 Å². The van der Waals surface area contributed by atoms with Gasteiger partial charge in [0.2, 0.25) is 5.75 Å². The Balaban J connectivity index is 1.55. The topological polar surface area (TPSA) is 50.6 Å². The average molecular weight is 473 g/mol. The lowest BCUT2D eigenvalue weighted by molar-refractivity contribution is 0.231. The van der Waals surface area contributed by atoms with E-state index in [0.29, 0.717) is 28.0 Å². The lowest BCUT2D eigenvalue weighted by atomic mass is 10.2. The van der Waals surface area contributed by atoms with Crippen LogP contribution in [0.15, 0.2) is 59.5 Å². The largest absolute Gasteiger partial charge is 0.483 e. The van der Waals surface area contributed by atoms with Gasteiger partial charge in [0.25, 0.3) is 0 Å². The molecule has 0 atom stereocenters. The smallest absolute Gasteiger partial charge is 0.316 e. The second-order valence-corrected chi connectivity index (χ2v) is 8.86. The van der Waals surface area contributed by atoms with Crippen LogP contribution in [0.3, 0.4) is 0 Å². The van der Waals surface area contributed by atoms with E-state index in [1.165, 1.54) is 4.68 Å². The third-order valence-corrected chi connectivity index (χ3v) is 6.13. The number of anilines is 1. The summed E-state index contributed by atoms with van der Waals surface area (Å²) < 4.78 is 7.37. The van der Waals surface area contributed by atoms with Gasteiger partial charge in [0.1, 0.15) is 5.69 Å². The molecule has 3 aromatic rings. The molecule has 0 bridgehead atoms. The van der Waals surface area contributed by atoms with Gasteiger partial charge < -0.3 is 9.64 Å². The molecule has 1 aromatic heterocycles. The third-order valence-electron chi connectivity index (χ3n) is 5.43. The van der Waals surface area contributed by atoms with E-state index in [0.717, 1.165) is 37.4 Å². The molecule has 0 amide bonds. The van der Waals surface area contributed by atoms with Gasteiger partial charge in [-0.25, -0.2) is 0 Å². The van der Waals surface area contributed by atoms with Crippen molar-refractivity contribution in [2.24, 2.45) is 0 Å². The molecule has 1 saturated heterocycles. The fourth-order valence-corrected chi connectivity index (χ4v) is 4.32. The third kappa shape index (κ3) is 4.93. The number of piperazine rings is 1. The second-order valence-electron chi connectivity index (χ2n) is 8.04. The second kappa shape index (κ2) is 9.94. The molecule has 8 heteroatoms. The lowest BCUT2D eigenvalue weighted by Gasteiger charge is -2.36. The van der Waals surface area contributed by atoms with Crippen molar-refractivity contribution in [3.8, 4) is 11.4 Å². The molecule has 0 N–H and O–H groups in total. The first-order chi connectivity index (χ1) is 15.4. The molecule has 1 aliphatic rings. The first kappa shape index (κ1) is 22.6. The molecule has 4 rings (SSSR count). The van der Waals surface area contributed by atoms with E-state index >= 15 is 0 Å². The summed E-state index contributed by atoms with van der Waals surface area (Å²) in [5, 5.41) is 5.80. The molecule has 32 heavy (non-hydrogen) atoms. The Morgan fingerprint density at radius 2 is 1.62 bits per heavy atom. The van der Waals surface area contributed by atoms with Crippen molar-refractivity contribution in [3.63, 3.8) is 0 Å². The SMILES string of the molecule is CC(C)Oc1c(N2CCN(Cc3c(Cl)cccc3Cl)CC2)cnn(-c2ccccc2)c1=O. The Bertz CT molecular complexity index is 1110. The normalized spacial score (nSPS) is 14.7. The number of benzene rings is 2. The zero-order valence-corrected chi connectivity index (χ0v) is 19.7. The van der Waals surface area contributed by atoms with Gasteiger partial charge in [-0.2, -0.15) is 9.78 Å². The minimum atomic E-state index is -0.257. The predicted octanol–water partition coefficient (Wildman–Crippen LogP) is 4.65. The summed E-state index contributed by atoms with van der Waals surface area (Å²) in [6.07, 6.45) is 1.60. The summed E-state index contributed by atoms with van der Waals surface area (Å²) >= 11 is 12.7. The van der Waals surface area contributed by atoms with Gasteiger partial charge in [0, 0.05) is 48.3 Å². The highest BCUT2D eigenvalue weighted by Gasteiger charge is 2.24. The van der Waals surface area contributed by atoms with Crippen LogP contribution in [0.2, 0.25) is 10.0 Å². The van der Waals surface area contributed by atoms with Gasteiger partial charge in [-0.15, -0.1) is 0 Å². The Labute approximate surface area is 197 Å². The van der Waals surface area contributed by atoms with Gasteiger partial charge in [-0.1, -0.05) is 47.5 Å². The summed E-state index contributed by atoms with van der Waals surface area (Å²) in [5.74, 6) is 0.335. The van der Waals surface area contributed by atoms with Crippen LogP contribution < -0.4 is 15.2 Å². The van der Waals surface area contributed by atoms with Crippen molar-refractivity contribution in [2.45, 2.75) is 26.5 Å². The van der Waals surface area contributed by atoms with Crippen molar-refractivity contribution < 1.29 is 4.74 Å². The summed E-state index contributed by atoms with van der Waals surface area (Å²) in [7, 11) is 0. The zero-order chi connectivity index (χ0) is 22.7. The van der Waals surface area contributed by atoms with Crippen LogP contribution in [-0.4, -0.2) is 47.0 Å². The summed E-state index contributed by atoms with van der Waals surface area (Å²) in [6.45, 7) is 7.63. The molecule has 0 radical (unpaired) electrons. The monoisotopic (exact) mass is 472 g/mol. The molecule has 1 fully saturated rings. The highest BCUT2D eigenvalue weighted by atomic mass is 35.5. The van der Waals surface area contributed by atoms with E-state index in [-0.39, 0.29) is 11.7 Å². The summed E-state index contributed by atoms with van der Waals surface area (Å²) in [5.41, 5.74) is 2.12. The van der Waals surface area contributed by atoms with E-state index in [4.69, 9.17) is 27.9 Å². The number of hydrogen-bond donors (Lipinski definition) is 0. The van der Waals surface area contributed by atoms with E-state index in [1.54, 1.807) is 6.20 Å². The van der Waals surface area contributed by atoms with Crippen LogP contribution in [0.4, 0.5) is 5.69 Å². The number of hydrogen-bond acceptors (Lipinski definition) is 5. The molecule has 2 aromatic carbocycles. The summed E-state index contributed by atoms with van der Waals surface area (Å²) in [4.78, 5) is 17.7. The van der Waals surface area contributed by atoms with Gasteiger partial charge in [0.05, 0.1) is 18.0 Å². The van der Waals surface area contributed by atoms with Crippen LogP contribution in [0.5, 0.6) is 5.75 Å². The molecule has 6 nitrogen and oxygen atoms in total. The average Bonchev–Trinajstić information content (AvgIpc) is 2.78. The maximum absolute atomic E-state index is 13.3. The molecular weight excluding hydrogens is 447 g/mol. The number of ether oxygens (including phenoxy) is 1. The maximum Gasteiger partial charge on any atom is 0.316 e. The number of halogens is 2. The molecule has 1 aliphatic heterocycles. The molecule has 0 spiro atoms. The first-order valence-electron chi connectivity index (χ1n) is 10.7.